The first-order chi connectivity index (χ1) is 8.20. The third kappa shape index (κ3) is 3.81. The lowest BCUT2D eigenvalue weighted by Gasteiger charge is -2.24. The van der Waals surface area contributed by atoms with Gasteiger partial charge in [0.25, 0.3) is 0 Å². The highest BCUT2D eigenvalue weighted by Crippen LogP contribution is 2.31. The third-order valence-corrected chi connectivity index (χ3v) is 2.30. The lowest BCUT2D eigenvalue weighted by molar-refractivity contribution is -0.870. The van der Waals surface area contributed by atoms with Gasteiger partial charge in [0.2, 0.25) is 0 Å². The predicted molar refractivity (Wildman–Crippen MR) is 62.9 cm³/mol. The van der Waals surface area contributed by atoms with Gasteiger partial charge < -0.3 is 24.5 Å². The second-order valence-corrected chi connectivity index (χ2v) is 4.99. The number of aromatic hydroxyl groups is 1. The SMILES string of the molecule is C[N+](C)(C)CCOc1cc(O)c([O-])c(C(=O)O)c1. The maximum Gasteiger partial charge on any atom is 0.335 e. The number of hydrogen-bond acceptors (Lipinski definition) is 4. The number of phenols is 1. The first-order valence-electron chi connectivity index (χ1n) is 5.41. The maximum absolute atomic E-state index is 11.3. The normalized spacial score (nSPS) is 11.3. The van der Waals surface area contributed by atoms with Crippen molar-refractivity contribution < 1.29 is 29.3 Å². The Bertz CT molecular complexity index is 451. The van der Waals surface area contributed by atoms with E-state index in [0.717, 1.165) is 12.1 Å². The van der Waals surface area contributed by atoms with E-state index in [1.165, 1.54) is 0 Å². The Labute approximate surface area is 105 Å². The summed E-state index contributed by atoms with van der Waals surface area (Å²) < 4.78 is 6.02. The highest BCUT2D eigenvalue weighted by atomic mass is 16.5. The van der Waals surface area contributed by atoms with Crippen LogP contribution in [0.4, 0.5) is 0 Å². The second kappa shape index (κ2) is 5.14. The topological polar surface area (TPSA) is 89.8 Å². The Morgan fingerprint density at radius 1 is 1.39 bits per heavy atom. The molecule has 0 aromatic heterocycles. The van der Waals surface area contributed by atoms with Crippen molar-refractivity contribution in [3.63, 3.8) is 0 Å². The first-order valence-corrected chi connectivity index (χ1v) is 5.41. The van der Waals surface area contributed by atoms with E-state index in [0.29, 0.717) is 17.6 Å². The molecule has 100 valence electrons. The molecule has 18 heavy (non-hydrogen) atoms. The summed E-state index contributed by atoms with van der Waals surface area (Å²) in [6.45, 7) is 1.07. The van der Waals surface area contributed by atoms with Crippen molar-refractivity contribution in [3.8, 4) is 17.2 Å². The van der Waals surface area contributed by atoms with E-state index in [9.17, 15) is 15.0 Å². The average Bonchev–Trinajstić information content (AvgIpc) is 2.20. The van der Waals surface area contributed by atoms with Gasteiger partial charge in [-0.3, -0.25) is 0 Å². The van der Waals surface area contributed by atoms with Crippen molar-refractivity contribution >= 4 is 5.97 Å². The third-order valence-electron chi connectivity index (χ3n) is 2.30. The quantitative estimate of drug-likeness (QED) is 0.736. The summed E-state index contributed by atoms with van der Waals surface area (Å²) in [5, 5.41) is 29.4. The summed E-state index contributed by atoms with van der Waals surface area (Å²) in [6.07, 6.45) is 0. The zero-order valence-electron chi connectivity index (χ0n) is 10.6. The molecule has 0 aliphatic rings. The molecule has 6 nitrogen and oxygen atoms in total. The van der Waals surface area contributed by atoms with E-state index < -0.39 is 23.0 Å². The predicted octanol–water partition coefficient (Wildman–Crippen LogP) is 0.249. The van der Waals surface area contributed by atoms with Crippen LogP contribution in [0.3, 0.4) is 0 Å². The van der Waals surface area contributed by atoms with Gasteiger partial charge in [0.1, 0.15) is 24.7 Å². The minimum Gasteiger partial charge on any atom is -0.869 e. The maximum atomic E-state index is 11.3. The molecule has 0 saturated heterocycles. The number of quaternary nitrogens is 1. The molecule has 2 N–H and O–H groups in total. The van der Waals surface area contributed by atoms with E-state index in [4.69, 9.17) is 9.84 Å². The standard InChI is InChI=1S/C12H17NO5/c1-13(2,3)4-5-18-8-6-9(12(16)17)11(15)10(14)7-8/h6-7H,4-5H2,1-3H3,(H2-,14,15,16,17). The van der Waals surface area contributed by atoms with Gasteiger partial charge in [-0.25, -0.2) is 4.79 Å². The van der Waals surface area contributed by atoms with Crippen LogP contribution >= 0.6 is 0 Å². The van der Waals surface area contributed by atoms with E-state index in [2.05, 4.69) is 0 Å². The Hall–Kier alpha value is -1.95. The summed E-state index contributed by atoms with van der Waals surface area (Å²) >= 11 is 0. The highest BCUT2D eigenvalue weighted by Gasteiger charge is 2.11. The monoisotopic (exact) mass is 255 g/mol. The van der Waals surface area contributed by atoms with Crippen molar-refractivity contribution in [2.75, 3.05) is 34.3 Å². The molecule has 0 heterocycles. The van der Waals surface area contributed by atoms with Gasteiger partial charge in [0.05, 0.1) is 26.7 Å². The minimum atomic E-state index is -1.38. The number of carboxylic acid groups (broad SMARTS) is 1. The lowest BCUT2D eigenvalue weighted by atomic mass is 10.2. The van der Waals surface area contributed by atoms with Gasteiger partial charge in [-0.2, -0.15) is 0 Å². The molecule has 0 saturated carbocycles. The summed E-state index contributed by atoms with van der Waals surface area (Å²) in [7, 11) is 5.97. The molecule has 0 spiro atoms. The smallest absolute Gasteiger partial charge is 0.335 e. The summed E-state index contributed by atoms with van der Waals surface area (Å²) in [6, 6.07) is 2.25. The fraction of sp³-hybridized carbons (Fsp3) is 0.417. The number of nitrogens with zero attached hydrogens (tertiary/aromatic N) is 1. The van der Waals surface area contributed by atoms with Crippen molar-refractivity contribution in [2.45, 2.75) is 0 Å². The Kier molecular flexibility index (Phi) is 4.03. The lowest BCUT2D eigenvalue weighted by Crippen LogP contribution is -2.38. The molecule has 0 fully saturated rings. The number of likely N-dealkylation sites (N-methyl/N-ethyl adjacent to an activating group) is 1. The summed E-state index contributed by atoms with van der Waals surface area (Å²) in [5.74, 6) is -2.72. The molecule has 0 aliphatic carbocycles. The van der Waals surface area contributed by atoms with Crippen LogP contribution in [0.15, 0.2) is 12.1 Å². The molecule has 0 amide bonds. The molecular weight excluding hydrogens is 238 g/mol. The zero-order chi connectivity index (χ0) is 13.9. The molecule has 0 atom stereocenters. The number of hydrogen-bond donors (Lipinski definition) is 2. The van der Waals surface area contributed by atoms with Gasteiger partial charge in [0, 0.05) is 6.07 Å². The molecule has 0 bridgehead atoms. The number of phenolic OH excluding ortho intramolecular Hbond substituents is 1. The molecule has 0 aliphatic heterocycles. The average molecular weight is 255 g/mol. The van der Waals surface area contributed by atoms with Gasteiger partial charge in [0.15, 0.2) is 0 Å². The van der Waals surface area contributed by atoms with Crippen LogP contribution in [0.25, 0.3) is 0 Å². The molecule has 0 radical (unpaired) electrons. The number of rotatable bonds is 5. The number of benzene rings is 1. The second-order valence-electron chi connectivity index (χ2n) is 4.99. The van der Waals surface area contributed by atoms with E-state index in [1.807, 2.05) is 21.1 Å². The summed E-state index contributed by atoms with van der Waals surface area (Å²) in [4.78, 5) is 10.8. The van der Waals surface area contributed by atoms with Crippen LogP contribution in [0.5, 0.6) is 17.2 Å². The van der Waals surface area contributed by atoms with Crippen LogP contribution in [-0.2, 0) is 0 Å². The first kappa shape index (κ1) is 14.1. The molecule has 1 aromatic rings. The van der Waals surface area contributed by atoms with Crippen LogP contribution in [0.1, 0.15) is 10.4 Å². The molecule has 1 rings (SSSR count). The van der Waals surface area contributed by atoms with Gasteiger partial charge in [-0.1, -0.05) is 5.75 Å². The van der Waals surface area contributed by atoms with Crippen LogP contribution < -0.4 is 9.84 Å². The van der Waals surface area contributed by atoms with Crippen LogP contribution in [0, 0.1) is 0 Å². The Morgan fingerprint density at radius 2 is 2.00 bits per heavy atom. The Morgan fingerprint density at radius 3 is 2.50 bits per heavy atom. The van der Waals surface area contributed by atoms with E-state index >= 15 is 0 Å². The minimum absolute atomic E-state index is 0.179. The highest BCUT2D eigenvalue weighted by molar-refractivity contribution is 5.92. The number of ether oxygens (including phenoxy) is 1. The molecule has 1 aromatic carbocycles. The van der Waals surface area contributed by atoms with Crippen molar-refractivity contribution in [1.82, 2.24) is 0 Å². The largest absolute Gasteiger partial charge is 0.869 e. The fourth-order valence-corrected chi connectivity index (χ4v) is 1.27. The van der Waals surface area contributed by atoms with Crippen molar-refractivity contribution in [1.29, 1.82) is 0 Å². The summed E-state index contributed by atoms with van der Waals surface area (Å²) in [5.41, 5.74) is -0.491. The molecule has 0 unspecified atom stereocenters. The number of carboxylic acids is 1. The number of aromatic carboxylic acids is 1. The molecule has 6 heteroatoms. The van der Waals surface area contributed by atoms with Crippen molar-refractivity contribution in [2.24, 2.45) is 0 Å². The van der Waals surface area contributed by atoms with Gasteiger partial charge in [-0.15, -0.1) is 0 Å². The zero-order valence-corrected chi connectivity index (χ0v) is 10.6. The van der Waals surface area contributed by atoms with E-state index in [1.54, 1.807) is 0 Å². The van der Waals surface area contributed by atoms with Crippen molar-refractivity contribution in [3.05, 3.63) is 17.7 Å². The number of carbonyl (C=O) groups is 1. The van der Waals surface area contributed by atoms with Crippen LogP contribution in [0.2, 0.25) is 0 Å². The molecular formula is C12H17NO5. The fourth-order valence-electron chi connectivity index (χ4n) is 1.27. The van der Waals surface area contributed by atoms with E-state index in [-0.39, 0.29) is 5.75 Å². The van der Waals surface area contributed by atoms with Gasteiger partial charge >= 0.3 is 5.97 Å². The Balaban J connectivity index is 2.82. The van der Waals surface area contributed by atoms with Gasteiger partial charge in [-0.05, 0) is 6.07 Å². The van der Waals surface area contributed by atoms with Crippen LogP contribution in [-0.4, -0.2) is 55.0 Å².